The first-order valence-corrected chi connectivity index (χ1v) is 8.10. The smallest absolute Gasteiger partial charge is 0.209 e. The second-order valence-corrected chi connectivity index (χ2v) is 6.13. The first-order valence-electron chi connectivity index (χ1n) is 6.39. The number of nitrogens with one attached hydrogen (secondary N) is 1. The molecule has 5 nitrogen and oxygen atoms in total. The van der Waals surface area contributed by atoms with E-state index in [0.717, 1.165) is 11.3 Å². The lowest BCUT2D eigenvalue weighted by atomic mass is 10.1. The van der Waals surface area contributed by atoms with Crippen molar-refractivity contribution in [2.75, 3.05) is 18.9 Å². The van der Waals surface area contributed by atoms with E-state index in [4.69, 9.17) is 9.88 Å². The van der Waals surface area contributed by atoms with E-state index in [1.807, 2.05) is 38.1 Å². The summed E-state index contributed by atoms with van der Waals surface area (Å²) in [7, 11) is -3.36. The molecule has 1 aromatic carbocycles. The summed E-state index contributed by atoms with van der Waals surface area (Å²) in [5, 5.41) is 8.20. The van der Waals surface area contributed by atoms with Gasteiger partial charge in [-0.15, -0.1) is 0 Å². The van der Waals surface area contributed by atoms with E-state index in [0.29, 0.717) is 19.6 Å². The quantitative estimate of drug-likeness (QED) is 0.708. The number of primary sulfonamides is 1. The van der Waals surface area contributed by atoms with Crippen molar-refractivity contribution in [2.24, 2.45) is 5.14 Å². The summed E-state index contributed by atoms with van der Waals surface area (Å²) >= 11 is 0. The van der Waals surface area contributed by atoms with Crippen LogP contribution in [0.1, 0.15) is 31.9 Å². The van der Waals surface area contributed by atoms with Crippen molar-refractivity contribution in [2.45, 2.75) is 26.3 Å². The highest BCUT2D eigenvalue weighted by atomic mass is 32.2. The third kappa shape index (κ3) is 6.56. The molecule has 0 spiro atoms. The van der Waals surface area contributed by atoms with E-state index in [2.05, 4.69) is 5.32 Å². The Morgan fingerprint density at radius 1 is 1.32 bits per heavy atom. The van der Waals surface area contributed by atoms with Gasteiger partial charge < -0.3 is 10.1 Å². The van der Waals surface area contributed by atoms with Crippen molar-refractivity contribution in [1.29, 1.82) is 0 Å². The molecule has 0 aromatic heterocycles. The summed E-state index contributed by atoms with van der Waals surface area (Å²) in [4.78, 5) is 0. The van der Waals surface area contributed by atoms with Gasteiger partial charge in [-0.05, 0) is 44.5 Å². The van der Waals surface area contributed by atoms with Crippen LogP contribution in [-0.2, 0) is 10.0 Å². The zero-order valence-electron chi connectivity index (χ0n) is 11.4. The van der Waals surface area contributed by atoms with E-state index >= 15 is 0 Å². The molecule has 0 aliphatic carbocycles. The molecule has 0 amide bonds. The van der Waals surface area contributed by atoms with Crippen molar-refractivity contribution in [3.05, 3.63) is 29.8 Å². The molecular formula is C13H22N2O3S. The van der Waals surface area contributed by atoms with Crippen LogP contribution in [0.5, 0.6) is 5.75 Å². The van der Waals surface area contributed by atoms with Crippen LogP contribution in [0, 0.1) is 0 Å². The molecule has 0 aliphatic rings. The summed E-state index contributed by atoms with van der Waals surface area (Å²) in [6, 6.07) is 8.03. The van der Waals surface area contributed by atoms with E-state index < -0.39 is 10.0 Å². The number of benzene rings is 1. The fourth-order valence-electron chi connectivity index (χ4n) is 1.73. The standard InChI is InChI=1S/C13H22N2O3S/c1-3-18-13-7-5-12(6-8-13)11(2)15-9-4-10-19(14,16)17/h5-8,11,15H,3-4,9-10H2,1-2H3,(H2,14,16,17). The van der Waals surface area contributed by atoms with Crippen molar-refractivity contribution < 1.29 is 13.2 Å². The minimum Gasteiger partial charge on any atom is -0.494 e. The number of ether oxygens (including phenoxy) is 1. The Bertz CT molecular complexity index is 471. The first kappa shape index (κ1) is 15.9. The van der Waals surface area contributed by atoms with E-state index in [9.17, 15) is 8.42 Å². The average molecular weight is 286 g/mol. The Morgan fingerprint density at radius 3 is 2.47 bits per heavy atom. The predicted molar refractivity (Wildman–Crippen MR) is 76.6 cm³/mol. The monoisotopic (exact) mass is 286 g/mol. The van der Waals surface area contributed by atoms with Gasteiger partial charge >= 0.3 is 0 Å². The van der Waals surface area contributed by atoms with Gasteiger partial charge in [-0.2, -0.15) is 0 Å². The number of hydrogen-bond acceptors (Lipinski definition) is 4. The van der Waals surface area contributed by atoms with Crippen LogP contribution < -0.4 is 15.2 Å². The van der Waals surface area contributed by atoms with Crippen LogP contribution in [-0.4, -0.2) is 27.3 Å². The number of sulfonamides is 1. The summed E-state index contributed by atoms with van der Waals surface area (Å²) in [5.41, 5.74) is 1.14. The zero-order valence-corrected chi connectivity index (χ0v) is 12.2. The van der Waals surface area contributed by atoms with E-state index in [1.54, 1.807) is 0 Å². The molecule has 0 radical (unpaired) electrons. The highest BCUT2D eigenvalue weighted by Crippen LogP contribution is 2.17. The Balaban J connectivity index is 2.38. The van der Waals surface area contributed by atoms with Gasteiger partial charge in [-0.25, -0.2) is 13.6 Å². The molecule has 0 saturated carbocycles. The third-order valence-electron chi connectivity index (χ3n) is 2.75. The lowest BCUT2D eigenvalue weighted by Gasteiger charge is -2.14. The number of hydrogen-bond donors (Lipinski definition) is 2. The number of nitrogens with two attached hydrogens (primary N) is 1. The Morgan fingerprint density at radius 2 is 1.95 bits per heavy atom. The van der Waals surface area contributed by atoms with Crippen molar-refractivity contribution >= 4 is 10.0 Å². The fourth-order valence-corrected chi connectivity index (χ4v) is 2.28. The summed E-state index contributed by atoms with van der Waals surface area (Å²) in [6.45, 7) is 5.25. The van der Waals surface area contributed by atoms with Gasteiger partial charge in [0, 0.05) is 6.04 Å². The summed E-state index contributed by atoms with van der Waals surface area (Å²) in [5.74, 6) is 0.864. The second kappa shape index (κ2) is 7.47. The van der Waals surface area contributed by atoms with Crippen molar-refractivity contribution in [3.63, 3.8) is 0 Å². The normalized spacial score (nSPS) is 13.2. The molecule has 1 rings (SSSR count). The van der Waals surface area contributed by atoms with Gasteiger partial charge in [-0.1, -0.05) is 12.1 Å². The van der Waals surface area contributed by atoms with Gasteiger partial charge in [0.2, 0.25) is 10.0 Å². The van der Waals surface area contributed by atoms with Crippen LogP contribution in [0.2, 0.25) is 0 Å². The highest BCUT2D eigenvalue weighted by molar-refractivity contribution is 7.89. The van der Waals surface area contributed by atoms with Crippen LogP contribution in [0.4, 0.5) is 0 Å². The average Bonchev–Trinajstić information content (AvgIpc) is 2.34. The Kier molecular flexibility index (Phi) is 6.27. The molecule has 0 bridgehead atoms. The van der Waals surface area contributed by atoms with Gasteiger partial charge in [0.1, 0.15) is 5.75 Å². The molecule has 6 heteroatoms. The topological polar surface area (TPSA) is 81.4 Å². The number of rotatable bonds is 8. The zero-order chi connectivity index (χ0) is 14.3. The first-order chi connectivity index (χ1) is 8.92. The van der Waals surface area contributed by atoms with Gasteiger partial charge in [0.15, 0.2) is 0 Å². The highest BCUT2D eigenvalue weighted by Gasteiger charge is 2.06. The lowest BCUT2D eigenvalue weighted by Crippen LogP contribution is -2.24. The van der Waals surface area contributed by atoms with Gasteiger partial charge in [0.05, 0.1) is 12.4 Å². The third-order valence-corrected chi connectivity index (χ3v) is 3.60. The largest absolute Gasteiger partial charge is 0.494 e. The van der Waals surface area contributed by atoms with Gasteiger partial charge in [-0.3, -0.25) is 0 Å². The molecule has 19 heavy (non-hydrogen) atoms. The SMILES string of the molecule is CCOc1ccc(C(C)NCCCS(N)(=O)=O)cc1. The molecule has 1 unspecified atom stereocenters. The predicted octanol–water partition coefficient (Wildman–Crippen LogP) is 1.41. The Hall–Kier alpha value is -1.11. The lowest BCUT2D eigenvalue weighted by molar-refractivity contribution is 0.340. The molecule has 3 N–H and O–H groups in total. The molecular weight excluding hydrogens is 264 g/mol. The van der Waals surface area contributed by atoms with Gasteiger partial charge in [0.25, 0.3) is 0 Å². The summed E-state index contributed by atoms with van der Waals surface area (Å²) < 4.78 is 26.9. The van der Waals surface area contributed by atoms with E-state index in [1.165, 1.54) is 0 Å². The van der Waals surface area contributed by atoms with Crippen molar-refractivity contribution in [1.82, 2.24) is 5.32 Å². The maximum Gasteiger partial charge on any atom is 0.209 e. The Labute approximate surface area is 115 Å². The molecule has 0 fully saturated rings. The molecule has 0 heterocycles. The van der Waals surface area contributed by atoms with Crippen LogP contribution >= 0.6 is 0 Å². The minimum absolute atomic E-state index is 0.00992. The van der Waals surface area contributed by atoms with Crippen LogP contribution in [0.15, 0.2) is 24.3 Å². The molecule has 1 atom stereocenters. The molecule has 0 saturated heterocycles. The van der Waals surface area contributed by atoms with Crippen LogP contribution in [0.3, 0.4) is 0 Å². The summed E-state index contributed by atoms with van der Waals surface area (Å²) in [6.07, 6.45) is 0.514. The second-order valence-electron chi connectivity index (χ2n) is 4.40. The van der Waals surface area contributed by atoms with Crippen LogP contribution in [0.25, 0.3) is 0 Å². The maximum atomic E-state index is 10.8. The van der Waals surface area contributed by atoms with E-state index in [-0.39, 0.29) is 11.8 Å². The molecule has 108 valence electrons. The van der Waals surface area contributed by atoms with Crippen molar-refractivity contribution in [3.8, 4) is 5.75 Å². The fraction of sp³-hybridized carbons (Fsp3) is 0.538. The maximum absolute atomic E-state index is 10.8. The molecule has 1 aromatic rings. The molecule has 0 aliphatic heterocycles. The minimum atomic E-state index is -3.36.